The van der Waals surface area contributed by atoms with E-state index in [9.17, 15) is 4.79 Å². The van der Waals surface area contributed by atoms with E-state index in [0.29, 0.717) is 18.3 Å². The lowest BCUT2D eigenvalue weighted by atomic mass is 9.79. The molecule has 1 rings (SSSR count). The number of alkyl halides is 1. The number of amides is 1. The summed E-state index contributed by atoms with van der Waals surface area (Å²) in [6.45, 7) is 4.60. The predicted octanol–water partition coefficient (Wildman–Crippen LogP) is 3.34. The van der Waals surface area contributed by atoms with Crippen molar-refractivity contribution in [1.82, 2.24) is 5.32 Å². The van der Waals surface area contributed by atoms with Gasteiger partial charge in [0.15, 0.2) is 0 Å². The number of halogens is 1. The van der Waals surface area contributed by atoms with Gasteiger partial charge in [0.2, 0.25) is 5.91 Å². The Hall–Kier alpha value is -0.240. The molecule has 0 spiro atoms. The zero-order valence-corrected chi connectivity index (χ0v) is 11.2. The number of hydrogen-bond donors (Lipinski definition) is 1. The van der Waals surface area contributed by atoms with E-state index in [4.69, 9.17) is 11.6 Å². The standard InChI is InChI=1S/C13H24ClNO/c1-10-6-7-12(9-11(10)2)15-13(16)5-3-4-8-14/h10-12H,3-9H2,1-2H3,(H,15,16). The summed E-state index contributed by atoms with van der Waals surface area (Å²) in [7, 11) is 0. The first-order valence-corrected chi connectivity index (χ1v) is 7.02. The molecular weight excluding hydrogens is 222 g/mol. The molecule has 1 aliphatic rings. The molecule has 3 heteroatoms. The van der Waals surface area contributed by atoms with E-state index >= 15 is 0 Å². The van der Waals surface area contributed by atoms with Crippen LogP contribution in [0.2, 0.25) is 0 Å². The molecule has 1 fully saturated rings. The zero-order chi connectivity index (χ0) is 12.0. The Labute approximate surface area is 104 Å². The molecule has 1 aliphatic carbocycles. The largest absolute Gasteiger partial charge is 0.353 e. The third-order valence-corrected chi connectivity index (χ3v) is 4.02. The number of rotatable bonds is 5. The highest BCUT2D eigenvalue weighted by molar-refractivity contribution is 6.17. The van der Waals surface area contributed by atoms with Crippen LogP contribution < -0.4 is 5.32 Å². The van der Waals surface area contributed by atoms with E-state index in [0.717, 1.165) is 37.5 Å². The summed E-state index contributed by atoms with van der Waals surface area (Å²) in [5.74, 6) is 2.41. The molecule has 1 saturated carbocycles. The van der Waals surface area contributed by atoms with Crippen LogP contribution in [0.25, 0.3) is 0 Å². The lowest BCUT2D eigenvalue weighted by Crippen LogP contribution is -2.39. The molecule has 3 atom stereocenters. The van der Waals surface area contributed by atoms with Gasteiger partial charge in [0, 0.05) is 18.3 Å². The first-order chi connectivity index (χ1) is 7.63. The van der Waals surface area contributed by atoms with Crippen LogP contribution in [0.3, 0.4) is 0 Å². The van der Waals surface area contributed by atoms with Gasteiger partial charge in [0.25, 0.3) is 0 Å². The molecule has 0 aromatic carbocycles. The maximum absolute atomic E-state index is 11.6. The topological polar surface area (TPSA) is 29.1 Å². The van der Waals surface area contributed by atoms with Gasteiger partial charge in [-0.2, -0.15) is 0 Å². The number of carbonyl (C=O) groups is 1. The number of unbranched alkanes of at least 4 members (excludes halogenated alkanes) is 1. The van der Waals surface area contributed by atoms with Crippen molar-refractivity contribution in [2.45, 2.75) is 58.4 Å². The van der Waals surface area contributed by atoms with Crippen molar-refractivity contribution in [3.05, 3.63) is 0 Å². The smallest absolute Gasteiger partial charge is 0.220 e. The highest BCUT2D eigenvalue weighted by Crippen LogP contribution is 2.29. The van der Waals surface area contributed by atoms with Crippen LogP contribution in [0.1, 0.15) is 52.4 Å². The Balaban J connectivity index is 2.19. The SMILES string of the molecule is CC1CCC(NC(=O)CCCCCl)CC1C. The van der Waals surface area contributed by atoms with Crippen molar-refractivity contribution in [3.8, 4) is 0 Å². The lowest BCUT2D eigenvalue weighted by Gasteiger charge is -2.32. The highest BCUT2D eigenvalue weighted by atomic mass is 35.5. The molecule has 94 valence electrons. The van der Waals surface area contributed by atoms with Gasteiger partial charge in [-0.3, -0.25) is 4.79 Å². The number of nitrogens with one attached hydrogen (secondary N) is 1. The minimum atomic E-state index is 0.205. The molecule has 2 nitrogen and oxygen atoms in total. The van der Waals surface area contributed by atoms with Crippen LogP contribution in [0.15, 0.2) is 0 Å². The molecule has 0 aromatic rings. The summed E-state index contributed by atoms with van der Waals surface area (Å²) in [5, 5.41) is 3.15. The summed E-state index contributed by atoms with van der Waals surface area (Å²) in [4.78, 5) is 11.6. The minimum Gasteiger partial charge on any atom is -0.353 e. The van der Waals surface area contributed by atoms with Gasteiger partial charge in [0.05, 0.1) is 0 Å². The van der Waals surface area contributed by atoms with Crippen molar-refractivity contribution in [1.29, 1.82) is 0 Å². The van der Waals surface area contributed by atoms with E-state index in [1.807, 2.05) is 0 Å². The van der Waals surface area contributed by atoms with Crippen molar-refractivity contribution >= 4 is 17.5 Å². The van der Waals surface area contributed by atoms with Crippen molar-refractivity contribution in [3.63, 3.8) is 0 Å². The van der Waals surface area contributed by atoms with Gasteiger partial charge in [-0.1, -0.05) is 13.8 Å². The Kier molecular flexibility index (Phi) is 6.18. The Morgan fingerprint density at radius 3 is 2.62 bits per heavy atom. The molecule has 0 heterocycles. The van der Waals surface area contributed by atoms with Gasteiger partial charge in [-0.15, -0.1) is 11.6 Å². The summed E-state index contributed by atoms with van der Waals surface area (Å²) in [6, 6.07) is 0.412. The van der Waals surface area contributed by atoms with Crippen LogP contribution in [0.5, 0.6) is 0 Å². The summed E-state index contributed by atoms with van der Waals surface area (Å²) in [5.41, 5.74) is 0. The van der Waals surface area contributed by atoms with E-state index < -0.39 is 0 Å². The second kappa shape index (κ2) is 7.16. The average Bonchev–Trinajstić information content (AvgIpc) is 2.24. The Bertz CT molecular complexity index is 220. The molecule has 1 N–H and O–H groups in total. The molecule has 0 bridgehead atoms. The van der Waals surface area contributed by atoms with Crippen LogP contribution in [0.4, 0.5) is 0 Å². The van der Waals surface area contributed by atoms with Crippen LogP contribution in [-0.4, -0.2) is 17.8 Å². The van der Waals surface area contributed by atoms with E-state index in [1.54, 1.807) is 0 Å². The van der Waals surface area contributed by atoms with Gasteiger partial charge in [0.1, 0.15) is 0 Å². The predicted molar refractivity (Wildman–Crippen MR) is 68.7 cm³/mol. The van der Waals surface area contributed by atoms with Crippen molar-refractivity contribution < 1.29 is 4.79 Å². The molecule has 0 aromatic heterocycles. The van der Waals surface area contributed by atoms with E-state index in [1.165, 1.54) is 6.42 Å². The van der Waals surface area contributed by atoms with Crippen molar-refractivity contribution in [2.75, 3.05) is 5.88 Å². The van der Waals surface area contributed by atoms with E-state index in [-0.39, 0.29) is 5.91 Å². The summed E-state index contributed by atoms with van der Waals surface area (Å²) >= 11 is 5.58. The molecule has 0 radical (unpaired) electrons. The maximum atomic E-state index is 11.6. The third kappa shape index (κ3) is 4.73. The fourth-order valence-corrected chi connectivity index (χ4v) is 2.55. The Morgan fingerprint density at radius 2 is 2.00 bits per heavy atom. The molecule has 0 aliphatic heterocycles. The molecule has 0 saturated heterocycles. The quantitative estimate of drug-likeness (QED) is 0.584. The normalized spacial score (nSPS) is 30.1. The molecule has 3 unspecified atom stereocenters. The van der Waals surface area contributed by atoms with Crippen molar-refractivity contribution in [2.24, 2.45) is 11.8 Å². The van der Waals surface area contributed by atoms with Crippen LogP contribution in [0, 0.1) is 11.8 Å². The fourth-order valence-electron chi connectivity index (χ4n) is 2.36. The molecule has 16 heavy (non-hydrogen) atoms. The second-order valence-corrected chi connectivity index (χ2v) is 5.56. The first-order valence-electron chi connectivity index (χ1n) is 6.48. The first kappa shape index (κ1) is 13.8. The zero-order valence-electron chi connectivity index (χ0n) is 10.5. The number of carbonyl (C=O) groups excluding carboxylic acids is 1. The number of hydrogen-bond acceptors (Lipinski definition) is 1. The average molecular weight is 246 g/mol. The molecular formula is C13H24ClNO. The highest BCUT2D eigenvalue weighted by Gasteiger charge is 2.25. The third-order valence-electron chi connectivity index (χ3n) is 3.75. The van der Waals surface area contributed by atoms with Gasteiger partial charge in [-0.25, -0.2) is 0 Å². The maximum Gasteiger partial charge on any atom is 0.220 e. The lowest BCUT2D eigenvalue weighted by molar-refractivity contribution is -0.122. The summed E-state index contributed by atoms with van der Waals surface area (Å²) < 4.78 is 0. The van der Waals surface area contributed by atoms with Gasteiger partial charge in [-0.05, 0) is 43.9 Å². The summed E-state index contributed by atoms with van der Waals surface area (Å²) in [6.07, 6.45) is 6.01. The molecule has 1 amide bonds. The monoisotopic (exact) mass is 245 g/mol. The van der Waals surface area contributed by atoms with Crippen LogP contribution in [-0.2, 0) is 4.79 Å². The minimum absolute atomic E-state index is 0.205. The fraction of sp³-hybridized carbons (Fsp3) is 0.923. The van der Waals surface area contributed by atoms with Gasteiger partial charge < -0.3 is 5.32 Å². The Morgan fingerprint density at radius 1 is 1.25 bits per heavy atom. The van der Waals surface area contributed by atoms with E-state index in [2.05, 4.69) is 19.2 Å². The van der Waals surface area contributed by atoms with Crippen LogP contribution >= 0.6 is 11.6 Å². The van der Waals surface area contributed by atoms with Gasteiger partial charge >= 0.3 is 0 Å². The second-order valence-electron chi connectivity index (χ2n) is 5.18.